The van der Waals surface area contributed by atoms with Gasteiger partial charge in [-0.15, -0.1) is 0 Å². The first kappa shape index (κ1) is 29.7. The van der Waals surface area contributed by atoms with Crippen LogP contribution in [0.25, 0.3) is 0 Å². The average molecular weight is 532 g/mol. The molecule has 0 unspecified atom stereocenters. The predicted molar refractivity (Wildman–Crippen MR) is 122 cm³/mol. The Kier molecular flexibility index (Phi) is 9.79. The van der Waals surface area contributed by atoms with E-state index in [1.165, 1.54) is 18.7 Å². The van der Waals surface area contributed by atoms with Gasteiger partial charge in [0.15, 0.2) is 17.3 Å². The van der Waals surface area contributed by atoms with Crippen LogP contribution in [0.5, 0.6) is 0 Å². The van der Waals surface area contributed by atoms with Gasteiger partial charge < -0.3 is 25.7 Å². The van der Waals surface area contributed by atoms with Gasteiger partial charge in [0, 0.05) is 56.2 Å². The van der Waals surface area contributed by atoms with Gasteiger partial charge in [-0.3, -0.25) is 9.59 Å². The summed E-state index contributed by atoms with van der Waals surface area (Å²) >= 11 is 0. The van der Waals surface area contributed by atoms with Gasteiger partial charge in [0.1, 0.15) is 5.82 Å². The smallest absolute Gasteiger partial charge is 0.328 e. The topological polar surface area (TPSA) is 141 Å². The van der Waals surface area contributed by atoms with Crippen molar-refractivity contribution in [1.29, 1.82) is 0 Å². The summed E-state index contributed by atoms with van der Waals surface area (Å²) in [7, 11) is 0. The van der Waals surface area contributed by atoms with E-state index in [0.717, 1.165) is 6.07 Å². The van der Waals surface area contributed by atoms with E-state index in [1.54, 1.807) is 4.90 Å². The molecule has 9 nitrogen and oxygen atoms in total. The van der Waals surface area contributed by atoms with Crippen LogP contribution in [0.15, 0.2) is 24.3 Å². The lowest BCUT2D eigenvalue weighted by molar-refractivity contribution is -0.142. The number of carbonyl (C=O) groups excluding carboxylic acids is 2. The van der Waals surface area contributed by atoms with E-state index in [4.69, 9.17) is 15.9 Å². The van der Waals surface area contributed by atoms with E-state index in [2.05, 4.69) is 0 Å². The zero-order valence-electron chi connectivity index (χ0n) is 20.3. The van der Waals surface area contributed by atoms with E-state index >= 15 is 0 Å². The van der Waals surface area contributed by atoms with Crippen LogP contribution in [0.1, 0.15) is 32.3 Å². The number of rotatable bonds is 7. The highest BCUT2D eigenvalue weighted by molar-refractivity contribution is 5.89. The molecule has 0 radical (unpaired) electrons. The van der Waals surface area contributed by atoms with Crippen LogP contribution in [0.3, 0.4) is 0 Å². The number of hydrogen-bond acceptors (Lipinski definition) is 5. The van der Waals surface area contributed by atoms with E-state index in [-0.39, 0.29) is 42.8 Å². The van der Waals surface area contributed by atoms with Crippen molar-refractivity contribution in [2.45, 2.75) is 50.9 Å². The van der Waals surface area contributed by atoms with Crippen molar-refractivity contribution in [2.75, 3.05) is 19.6 Å². The quantitative estimate of drug-likeness (QED) is 0.277. The monoisotopic (exact) mass is 531 g/mol. The highest BCUT2D eigenvalue weighted by Gasteiger charge is 2.47. The molecule has 3 atom stereocenters. The number of benzene rings is 1. The number of fused-ring (bicyclic) bond motifs is 1. The van der Waals surface area contributed by atoms with Gasteiger partial charge in [-0.2, -0.15) is 0 Å². The van der Waals surface area contributed by atoms with Crippen LogP contribution in [0.4, 0.5) is 17.6 Å². The summed E-state index contributed by atoms with van der Waals surface area (Å²) in [5.41, 5.74) is 3.90. The Morgan fingerprint density at radius 3 is 2.16 bits per heavy atom. The van der Waals surface area contributed by atoms with Gasteiger partial charge >= 0.3 is 11.9 Å². The Labute approximate surface area is 210 Å². The Hall–Kier alpha value is -3.48. The Bertz CT molecular complexity index is 1060. The molecule has 2 fully saturated rings. The summed E-state index contributed by atoms with van der Waals surface area (Å²) in [6.45, 7) is 3.62. The minimum atomic E-state index is -1.97. The van der Waals surface area contributed by atoms with Gasteiger partial charge in [0.2, 0.25) is 5.91 Å². The number of hydrogen-bond donors (Lipinski definition) is 3. The zero-order chi connectivity index (χ0) is 28.1. The Morgan fingerprint density at radius 2 is 1.62 bits per heavy atom. The molecule has 204 valence electrons. The van der Waals surface area contributed by atoms with Gasteiger partial charge in [0.05, 0.1) is 6.04 Å². The number of likely N-dealkylation sites (tertiary alicyclic amines) is 2. The average Bonchev–Trinajstić information content (AvgIpc) is 3.36. The molecule has 0 aromatic heterocycles. The number of alkyl halides is 1. The third kappa shape index (κ3) is 8.27. The van der Waals surface area contributed by atoms with Crippen molar-refractivity contribution in [1.82, 2.24) is 9.80 Å². The molecule has 0 spiro atoms. The van der Waals surface area contributed by atoms with Crippen molar-refractivity contribution >= 4 is 23.8 Å². The molecule has 2 aliphatic rings. The van der Waals surface area contributed by atoms with Crippen molar-refractivity contribution in [3.63, 3.8) is 0 Å². The molecule has 2 heterocycles. The molecule has 0 saturated carbocycles. The third-order valence-electron chi connectivity index (χ3n) is 6.04. The summed E-state index contributed by atoms with van der Waals surface area (Å²) in [6.07, 6.45) is 1.62. The van der Waals surface area contributed by atoms with Crippen LogP contribution in [-0.2, 0) is 25.6 Å². The number of nitrogens with zero attached hydrogens (tertiary/aromatic N) is 2. The fraction of sp³-hybridized carbons (Fsp3) is 0.500. The molecule has 3 rings (SSSR count). The van der Waals surface area contributed by atoms with E-state index in [1.807, 2.05) is 0 Å². The molecule has 1 aromatic carbocycles. The molecular weight excluding hydrogens is 502 g/mol. The zero-order valence-corrected chi connectivity index (χ0v) is 20.3. The van der Waals surface area contributed by atoms with Gasteiger partial charge in [-0.05, 0) is 38.3 Å². The molecule has 4 N–H and O–H groups in total. The van der Waals surface area contributed by atoms with Gasteiger partial charge in [0.25, 0.3) is 5.91 Å². The molecule has 1 aromatic rings. The van der Waals surface area contributed by atoms with Crippen LogP contribution in [0.2, 0.25) is 0 Å². The first-order chi connectivity index (χ1) is 17.1. The lowest BCUT2D eigenvalue weighted by atomic mass is 10.0. The third-order valence-corrected chi connectivity index (χ3v) is 6.04. The first-order valence-corrected chi connectivity index (χ1v) is 11.4. The van der Waals surface area contributed by atoms with Crippen LogP contribution in [0, 0.1) is 23.4 Å². The summed E-state index contributed by atoms with van der Waals surface area (Å²) in [5.74, 6) is -6.63. The standard InChI is InChI=1S/C20H25F4N3O2.C4H4O4/c1-20(2,24)19(29)26-9-11-3-4-27(17(11)10-26)18(28)7-13(25)5-12-6-15(22)16(23)8-14(12)21;5-3(6)1-2-4(7)8/h6,8,11,13,17H,3-5,7,9-10,25H2,1-2H3;1-2H,(H,5,6)(H,7,8)/b;2-1+/t11-,13+,17+;/m0./s1. The summed E-state index contributed by atoms with van der Waals surface area (Å²) in [5, 5.41) is 15.6. The van der Waals surface area contributed by atoms with Crippen molar-refractivity contribution in [3.8, 4) is 0 Å². The second-order valence-electron chi connectivity index (χ2n) is 9.42. The number of carbonyl (C=O) groups is 4. The number of halogens is 4. The number of carboxylic acid groups (broad SMARTS) is 2. The summed E-state index contributed by atoms with van der Waals surface area (Å²) in [4.78, 5) is 47.1. The summed E-state index contributed by atoms with van der Waals surface area (Å²) in [6, 6.07) is 0.242. The second-order valence-corrected chi connectivity index (χ2v) is 9.42. The molecule has 37 heavy (non-hydrogen) atoms. The second kappa shape index (κ2) is 12.2. The number of nitrogens with two attached hydrogens (primary N) is 1. The number of aliphatic carboxylic acids is 2. The first-order valence-electron chi connectivity index (χ1n) is 11.4. The number of amides is 2. The van der Waals surface area contributed by atoms with E-state index in [9.17, 15) is 36.7 Å². The van der Waals surface area contributed by atoms with Crippen molar-refractivity contribution in [2.24, 2.45) is 11.7 Å². The lowest BCUT2D eigenvalue weighted by Gasteiger charge is -2.27. The van der Waals surface area contributed by atoms with E-state index < -0.39 is 47.0 Å². The Balaban J connectivity index is 0.000000521. The van der Waals surface area contributed by atoms with Gasteiger partial charge in [-0.1, -0.05) is 0 Å². The SMILES string of the molecule is CC(C)(F)C(=O)N1C[C@@H]2CCN(C(=O)C[C@H](N)Cc3cc(F)c(F)cc3F)[C@@H]2C1.O=C(O)/C=C/C(=O)O. The highest BCUT2D eigenvalue weighted by atomic mass is 19.2. The van der Waals surface area contributed by atoms with Crippen LogP contribution >= 0.6 is 0 Å². The molecule has 2 aliphatic heterocycles. The minimum absolute atomic E-state index is 0.0881. The molecular formula is C24H29F4N3O6. The minimum Gasteiger partial charge on any atom is -0.478 e. The fourth-order valence-corrected chi connectivity index (χ4v) is 4.37. The normalized spacial score (nSPS) is 19.9. The summed E-state index contributed by atoms with van der Waals surface area (Å²) < 4.78 is 54.1. The molecule has 13 heteroatoms. The Morgan fingerprint density at radius 1 is 1.05 bits per heavy atom. The molecule has 2 saturated heterocycles. The van der Waals surface area contributed by atoms with Crippen LogP contribution in [-0.4, -0.2) is 81.2 Å². The maximum absolute atomic E-state index is 14.0. The van der Waals surface area contributed by atoms with Crippen molar-refractivity contribution in [3.05, 3.63) is 47.3 Å². The fourth-order valence-electron chi connectivity index (χ4n) is 4.37. The highest BCUT2D eigenvalue weighted by Crippen LogP contribution is 2.33. The lowest BCUT2D eigenvalue weighted by Crippen LogP contribution is -2.45. The van der Waals surface area contributed by atoms with E-state index in [0.29, 0.717) is 37.7 Å². The van der Waals surface area contributed by atoms with Crippen molar-refractivity contribution < 1.29 is 47.0 Å². The van der Waals surface area contributed by atoms with Gasteiger partial charge in [-0.25, -0.2) is 27.2 Å². The maximum Gasteiger partial charge on any atom is 0.328 e. The molecule has 0 aliphatic carbocycles. The molecule has 2 amide bonds. The predicted octanol–water partition coefficient (Wildman–Crippen LogP) is 1.88. The number of carboxylic acids is 2. The maximum atomic E-state index is 14.0. The molecule has 0 bridgehead atoms. The largest absolute Gasteiger partial charge is 0.478 e. The van der Waals surface area contributed by atoms with Crippen LogP contribution < -0.4 is 5.73 Å².